The Labute approximate surface area is 123 Å². The molecule has 2 unspecified atom stereocenters. The van der Waals surface area contributed by atoms with Gasteiger partial charge in [-0.25, -0.2) is 0 Å². The van der Waals surface area contributed by atoms with E-state index in [-0.39, 0.29) is 24.0 Å². The summed E-state index contributed by atoms with van der Waals surface area (Å²) in [7, 11) is 1.38. The standard InChI is InChI=1S/C12H20O4Se2/c1-5-10(16-8(2)13)11(17)9(6-7-18-4)12(14)15-3/h9-10H,5-7H2,1-4H3. The van der Waals surface area contributed by atoms with Crippen LogP contribution in [0.2, 0.25) is 11.1 Å². The van der Waals surface area contributed by atoms with E-state index < -0.39 is 0 Å². The van der Waals surface area contributed by atoms with Crippen LogP contribution in [0.3, 0.4) is 0 Å². The number of ether oxygens (including phenoxy) is 2. The minimum atomic E-state index is -0.351. The predicted octanol–water partition coefficient (Wildman–Crippen LogP) is 1.02. The fourth-order valence-electron chi connectivity index (χ4n) is 1.52. The van der Waals surface area contributed by atoms with Crippen LogP contribution >= 0.6 is 0 Å². The summed E-state index contributed by atoms with van der Waals surface area (Å²) in [5.74, 6) is 1.21. The molecule has 4 nitrogen and oxygen atoms in total. The third kappa shape index (κ3) is 6.14. The molecule has 6 heteroatoms. The molecule has 0 aromatic carbocycles. The Kier molecular flexibility index (Phi) is 9.65. The Hall–Kier alpha value is -0.151. The van der Waals surface area contributed by atoms with E-state index in [1.54, 1.807) is 0 Å². The second kappa shape index (κ2) is 9.74. The molecule has 0 fully saturated rings. The number of methoxy groups -OCH3 is 1. The molecule has 0 aromatic heterocycles. The van der Waals surface area contributed by atoms with Gasteiger partial charge in [-0.05, 0) is 0 Å². The van der Waals surface area contributed by atoms with Crippen molar-refractivity contribution >= 4 is 46.9 Å². The monoisotopic (exact) mass is 388 g/mol. The number of rotatable bonds is 8. The maximum absolute atomic E-state index is 11.8. The minimum absolute atomic E-state index is 0.265. The van der Waals surface area contributed by atoms with Crippen molar-refractivity contribution in [1.29, 1.82) is 0 Å². The van der Waals surface area contributed by atoms with Crippen molar-refractivity contribution in [2.45, 2.75) is 43.9 Å². The van der Waals surface area contributed by atoms with Gasteiger partial charge >= 0.3 is 123 Å². The first kappa shape index (κ1) is 17.8. The number of carbonyl (C=O) groups excluding carboxylic acids is 2. The van der Waals surface area contributed by atoms with E-state index in [4.69, 9.17) is 9.47 Å². The molecular formula is C12H20O4Se2. The van der Waals surface area contributed by atoms with Gasteiger partial charge in [0.05, 0.1) is 0 Å². The molecule has 0 aliphatic rings. The van der Waals surface area contributed by atoms with Crippen molar-refractivity contribution in [2.24, 2.45) is 5.92 Å². The van der Waals surface area contributed by atoms with E-state index in [9.17, 15) is 9.59 Å². The number of carbonyl (C=O) groups is 2. The second-order valence-electron chi connectivity index (χ2n) is 3.77. The van der Waals surface area contributed by atoms with Gasteiger partial charge in [0.25, 0.3) is 0 Å². The van der Waals surface area contributed by atoms with Crippen molar-refractivity contribution in [3.05, 3.63) is 0 Å². The molecule has 18 heavy (non-hydrogen) atoms. The molecule has 0 bridgehead atoms. The SMILES string of the molecule is CCC(OC(C)=O)C(=[Se])C(CC[Se]C)C(=O)OC. The molecule has 0 amide bonds. The van der Waals surface area contributed by atoms with Crippen LogP contribution in [0.5, 0.6) is 0 Å². The van der Waals surface area contributed by atoms with E-state index in [0.29, 0.717) is 21.4 Å². The zero-order valence-electron chi connectivity index (χ0n) is 11.2. The molecule has 0 spiro atoms. The summed E-state index contributed by atoms with van der Waals surface area (Å²) in [5.41, 5.74) is 0. The van der Waals surface area contributed by atoms with Crippen molar-refractivity contribution in [3.63, 3.8) is 0 Å². The summed E-state index contributed by atoms with van der Waals surface area (Å²) in [6.45, 7) is 3.29. The summed E-state index contributed by atoms with van der Waals surface area (Å²) < 4.78 is 10.8. The van der Waals surface area contributed by atoms with Crippen LogP contribution in [-0.4, -0.2) is 60.1 Å². The van der Waals surface area contributed by atoms with Gasteiger partial charge in [-0.1, -0.05) is 0 Å². The molecule has 0 aromatic rings. The Bertz CT molecular complexity index is 304. The van der Waals surface area contributed by atoms with Gasteiger partial charge in [0, 0.05) is 0 Å². The molecule has 0 rings (SSSR count). The van der Waals surface area contributed by atoms with Crippen LogP contribution in [0, 0.1) is 5.92 Å². The van der Waals surface area contributed by atoms with Crippen LogP contribution in [-0.2, 0) is 19.1 Å². The first-order chi connectivity index (χ1) is 8.47. The quantitative estimate of drug-likeness (QED) is 0.462. The molecule has 0 saturated heterocycles. The van der Waals surface area contributed by atoms with Gasteiger partial charge in [-0.3, -0.25) is 0 Å². The molecule has 2 atom stereocenters. The Morgan fingerprint density at radius 2 is 2.00 bits per heavy atom. The van der Waals surface area contributed by atoms with Crippen LogP contribution in [0.15, 0.2) is 0 Å². The number of hydrogen-bond acceptors (Lipinski definition) is 4. The summed E-state index contributed by atoms with van der Waals surface area (Å²) in [4.78, 5) is 22.8. The number of esters is 2. The van der Waals surface area contributed by atoms with Crippen molar-refractivity contribution in [3.8, 4) is 0 Å². The first-order valence-corrected chi connectivity index (χ1v) is 9.53. The van der Waals surface area contributed by atoms with Crippen molar-refractivity contribution in [1.82, 2.24) is 0 Å². The molecular weight excluding hydrogens is 366 g/mol. The normalized spacial score (nSPS) is 13.6. The van der Waals surface area contributed by atoms with E-state index in [1.165, 1.54) is 14.0 Å². The Morgan fingerprint density at radius 3 is 2.39 bits per heavy atom. The Morgan fingerprint density at radius 1 is 1.39 bits per heavy atom. The number of hydrogen-bond donors (Lipinski definition) is 0. The average molecular weight is 386 g/mol. The van der Waals surface area contributed by atoms with Crippen LogP contribution in [0.25, 0.3) is 0 Å². The van der Waals surface area contributed by atoms with Crippen LogP contribution in [0.4, 0.5) is 0 Å². The van der Waals surface area contributed by atoms with E-state index >= 15 is 0 Å². The molecule has 0 aliphatic heterocycles. The third-order valence-corrected chi connectivity index (χ3v) is 4.94. The van der Waals surface area contributed by atoms with Gasteiger partial charge in [-0.15, -0.1) is 0 Å². The van der Waals surface area contributed by atoms with Crippen LogP contribution < -0.4 is 0 Å². The van der Waals surface area contributed by atoms with Gasteiger partial charge in [-0.2, -0.15) is 0 Å². The predicted molar refractivity (Wildman–Crippen MR) is 73.2 cm³/mol. The van der Waals surface area contributed by atoms with E-state index in [1.807, 2.05) is 6.92 Å². The maximum atomic E-state index is 11.8. The van der Waals surface area contributed by atoms with Gasteiger partial charge in [0.1, 0.15) is 0 Å². The molecule has 0 aliphatic carbocycles. The summed E-state index contributed by atoms with van der Waals surface area (Å²) in [5, 5.41) is 0.994. The first-order valence-electron chi connectivity index (χ1n) is 5.75. The zero-order chi connectivity index (χ0) is 14.1. The fourth-order valence-corrected chi connectivity index (χ4v) is 3.41. The van der Waals surface area contributed by atoms with Crippen molar-refractivity contribution < 1.29 is 19.1 Å². The summed E-state index contributed by atoms with van der Waals surface area (Å²) in [6, 6.07) is 0. The summed E-state index contributed by atoms with van der Waals surface area (Å²) >= 11 is 3.41. The van der Waals surface area contributed by atoms with E-state index in [0.717, 1.165) is 16.2 Å². The molecule has 0 saturated carbocycles. The summed E-state index contributed by atoms with van der Waals surface area (Å²) in [6.07, 6.45) is 1.03. The van der Waals surface area contributed by atoms with E-state index in [2.05, 4.69) is 21.4 Å². The second-order valence-corrected chi connectivity index (χ2v) is 6.82. The molecule has 104 valence electrons. The van der Waals surface area contributed by atoms with Gasteiger partial charge < -0.3 is 0 Å². The van der Waals surface area contributed by atoms with Crippen molar-refractivity contribution in [2.75, 3.05) is 7.11 Å². The molecule has 0 N–H and O–H groups in total. The Balaban J connectivity index is 4.79. The van der Waals surface area contributed by atoms with Gasteiger partial charge in [0.2, 0.25) is 0 Å². The molecule has 0 radical (unpaired) electrons. The molecule has 0 heterocycles. The fraction of sp³-hybridized carbons (Fsp3) is 0.750. The zero-order valence-corrected chi connectivity index (χ0v) is 14.7. The van der Waals surface area contributed by atoms with Gasteiger partial charge in [0.15, 0.2) is 0 Å². The third-order valence-electron chi connectivity index (χ3n) is 2.44. The topological polar surface area (TPSA) is 52.6 Å². The average Bonchev–Trinajstić information content (AvgIpc) is 2.35. The van der Waals surface area contributed by atoms with Crippen LogP contribution in [0.1, 0.15) is 26.7 Å².